The first-order valence-electron chi connectivity index (χ1n) is 6.43. The van der Waals surface area contributed by atoms with Gasteiger partial charge in [-0.1, -0.05) is 0 Å². The van der Waals surface area contributed by atoms with E-state index in [9.17, 15) is 4.39 Å². The second-order valence-electron chi connectivity index (χ2n) is 4.77. The molecule has 100 valence electrons. The van der Waals surface area contributed by atoms with Gasteiger partial charge in [-0.15, -0.1) is 0 Å². The highest BCUT2D eigenvalue weighted by atomic mass is 19.1. The van der Waals surface area contributed by atoms with Crippen molar-refractivity contribution in [3.05, 3.63) is 30.2 Å². The summed E-state index contributed by atoms with van der Waals surface area (Å²) >= 11 is 0. The van der Waals surface area contributed by atoms with Crippen LogP contribution in [0.4, 0.5) is 15.9 Å². The van der Waals surface area contributed by atoms with E-state index in [4.69, 9.17) is 10.5 Å². The van der Waals surface area contributed by atoms with Gasteiger partial charge in [-0.2, -0.15) is 0 Å². The van der Waals surface area contributed by atoms with Gasteiger partial charge in [0.15, 0.2) is 0 Å². The summed E-state index contributed by atoms with van der Waals surface area (Å²) in [5.74, 6) is 0.303. The van der Waals surface area contributed by atoms with Crippen LogP contribution in [0.1, 0.15) is 12.8 Å². The summed E-state index contributed by atoms with van der Waals surface area (Å²) < 4.78 is 19.0. The molecule has 0 saturated carbocycles. The Hall–Kier alpha value is -1.88. The van der Waals surface area contributed by atoms with Crippen LogP contribution in [0.25, 0.3) is 10.8 Å². The number of aromatic nitrogens is 1. The highest BCUT2D eigenvalue weighted by Gasteiger charge is 2.16. The number of halogens is 1. The van der Waals surface area contributed by atoms with Crippen LogP contribution in [0.3, 0.4) is 0 Å². The van der Waals surface area contributed by atoms with Gasteiger partial charge in [0, 0.05) is 35.8 Å². The summed E-state index contributed by atoms with van der Waals surface area (Å²) in [7, 11) is 0. The van der Waals surface area contributed by atoms with E-state index in [1.807, 2.05) is 0 Å². The van der Waals surface area contributed by atoms with Crippen LogP contribution in [0.15, 0.2) is 24.4 Å². The molecule has 0 amide bonds. The van der Waals surface area contributed by atoms with Crippen molar-refractivity contribution in [1.29, 1.82) is 0 Å². The number of fused-ring (bicyclic) bond motifs is 1. The Morgan fingerprint density at radius 1 is 1.42 bits per heavy atom. The number of pyridine rings is 1. The Morgan fingerprint density at radius 2 is 2.32 bits per heavy atom. The Kier molecular flexibility index (Phi) is 3.21. The van der Waals surface area contributed by atoms with Gasteiger partial charge in [-0.3, -0.25) is 0 Å². The van der Waals surface area contributed by atoms with Gasteiger partial charge in [0.1, 0.15) is 11.6 Å². The third-order valence-electron chi connectivity index (χ3n) is 3.40. The van der Waals surface area contributed by atoms with Gasteiger partial charge in [-0.05, 0) is 31.0 Å². The standard InChI is InChI=1S/C14H16FN3O/c15-9-6-12-11(13(16)7-9)3-4-17-14(12)18-8-10-2-1-5-19-10/h3-4,6-7,10H,1-2,5,8,16H2,(H,17,18). The minimum Gasteiger partial charge on any atom is -0.398 e. The fraction of sp³-hybridized carbons (Fsp3) is 0.357. The topological polar surface area (TPSA) is 60.2 Å². The summed E-state index contributed by atoms with van der Waals surface area (Å²) in [5.41, 5.74) is 6.25. The van der Waals surface area contributed by atoms with E-state index < -0.39 is 0 Å². The zero-order chi connectivity index (χ0) is 13.2. The van der Waals surface area contributed by atoms with Gasteiger partial charge >= 0.3 is 0 Å². The molecule has 1 fully saturated rings. The van der Waals surface area contributed by atoms with E-state index in [1.165, 1.54) is 12.1 Å². The fourth-order valence-corrected chi connectivity index (χ4v) is 2.43. The first-order chi connectivity index (χ1) is 9.24. The molecule has 0 bridgehead atoms. The van der Waals surface area contributed by atoms with Crippen molar-refractivity contribution < 1.29 is 9.13 Å². The highest BCUT2D eigenvalue weighted by molar-refractivity contribution is 5.99. The number of nitrogen functional groups attached to an aromatic ring is 1. The van der Waals surface area contributed by atoms with Crippen LogP contribution in [-0.4, -0.2) is 24.2 Å². The lowest BCUT2D eigenvalue weighted by molar-refractivity contribution is 0.120. The average molecular weight is 261 g/mol. The normalized spacial score (nSPS) is 18.9. The number of hydrogen-bond acceptors (Lipinski definition) is 4. The average Bonchev–Trinajstić information content (AvgIpc) is 2.89. The van der Waals surface area contributed by atoms with Crippen LogP contribution in [0.2, 0.25) is 0 Å². The minimum absolute atomic E-state index is 0.211. The maximum absolute atomic E-state index is 13.5. The second kappa shape index (κ2) is 5.01. The molecule has 19 heavy (non-hydrogen) atoms. The van der Waals surface area contributed by atoms with E-state index in [0.717, 1.165) is 24.8 Å². The van der Waals surface area contributed by atoms with Gasteiger partial charge in [-0.25, -0.2) is 9.37 Å². The number of hydrogen-bond donors (Lipinski definition) is 2. The first kappa shape index (κ1) is 12.2. The molecular weight excluding hydrogens is 245 g/mol. The first-order valence-corrected chi connectivity index (χ1v) is 6.43. The zero-order valence-electron chi connectivity index (χ0n) is 10.5. The van der Waals surface area contributed by atoms with Gasteiger partial charge < -0.3 is 15.8 Å². The SMILES string of the molecule is Nc1cc(F)cc2c(NCC3CCCO3)nccc12. The largest absolute Gasteiger partial charge is 0.398 e. The van der Waals surface area contributed by atoms with Crippen LogP contribution in [-0.2, 0) is 4.74 Å². The molecule has 0 aliphatic carbocycles. The zero-order valence-corrected chi connectivity index (χ0v) is 10.5. The molecule has 1 aromatic carbocycles. The molecule has 3 rings (SSSR count). The quantitative estimate of drug-likeness (QED) is 0.834. The minimum atomic E-state index is -0.349. The van der Waals surface area contributed by atoms with Crippen molar-refractivity contribution in [2.45, 2.75) is 18.9 Å². The van der Waals surface area contributed by atoms with Crippen molar-refractivity contribution in [3.8, 4) is 0 Å². The molecule has 1 saturated heterocycles. The molecule has 0 spiro atoms. The Morgan fingerprint density at radius 3 is 3.11 bits per heavy atom. The van der Waals surface area contributed by atoms with Crippen LogP contribution < -0.4 is 11.1 Å². The molecule has 1 aromatic heterocycles. The molecule has 5 heteroatoms. The Bertz CT molecular complexity index is 597. The van der Waals surface area contributed by atoms with Crippen molar-refractivity contribution in [2.24, 2.45) is 0 Å². The third-order valence-corrected chi connectivity index (χ3v) is 3.40. The van der Waals surface area contributed by atoms with Gasteiger partial charge in [0.25, 0.3) is 0 Å². The summed E-state index contributed by atoms with van der Waals surface area (Å²) in [6.07, 6.45) is 4.03. The molecular formula is C14H16FN3O. The maximum atomic E-state index is 13.5. The summed E-state index contributed by atoms with van der Waals surface area (Å²) in [6, 6.07) is 4.57. The number of nitrogens with one attached hydrogen (secondary N) is 1. The molecule has 2 heterocycles. The number of ether oxygens (including phenoxy) is 1. The van der Waals surface area contributed by atoms with Crippen LogP contribution in [0.5, 0.6) is 0 Å². The molecule has 1 aliphatic heterocycles. The molecule has 1 aliphatic rings. The van der Waals surface area contributed by atoms with Crippen LogP contribution in [0, 0.1) is 5.82 Å². The van der Waals surface area contributed by atoms with E-state index in [2.05, 4.69) is 10.3 Å². The molecule has 1 atom stereocenters. The summed E-state index contributed by atoms with van der Waals surface area (Å²) in [6.45, 7) is 1.50. The predicted octanol–water partition coefficient (Wildman–Crippen LogP) is 2.55. The summed E-state index contributed by atoms with van der Waals surface area (Å²) in [4.78, 5) is 4.26. The number of nitrogens with two attached hydrogens (primary N) is 1. The molecule has 1 unspecified atom stereocenters. The number of rotatable bonds is 3. The number of benzene rings is 1. The lowest BCUT2D eigenvalue weighted by atomic mass is 10.1. The molecule has 0 radical (unpaired) electrons. The lowest BCUT2D eigenvalue weighted by Gasteiger charge is -2.13. The second-order valence-corrected chi connectivity index (χ2v) is 4.77. The van der Waals surface area contributed by atoms with E-state index >= 15 is 0 Å². The molecule has 2 aromatic rings. The summed E-state index contributed by atoms with van der Waals surface area (Å²) in [5, 5.41) is 4.74. The van der Waals surface area contributed by atoms with Gasteiger partial charge in [0.2, 0.25) is 0 Å². The third kappa shape index (κ3) is 2.46. The van der Waals surface area contributed by atoms with E-state index in [1.54, 1.807) is 12.3 Å². The van der Waals surface area contributed by atoms with Crippen molar-refractivity contribution >= 4 is 22.3 Å². The van der Waals surface area contributed by atoms with Crippen molar-refractivity contribution in [2.75, 3.05) is 24.2 Å². The monoisotopic (exact) mass is 261 g/mol. The predicted molar refractivity (Wildman–Crippen MR) is 73.6 cm³/mol. The Labute approximate surface area is 110 Å². The van der Waals surface area contributed by atoms with Crippen LogP contribution >= 0.6 is 0 Å². The number of anilines is 2. The van der Waals surface area contributed by atoms with Crippen molar-refractivity contribution in [3.63, 3.8) is 0 Å². The fourth-order valence-electron chi connectivity index (χ4n) is 2.43. The van der Waals surface area contributed by atoms with E-state index in [0.29, 0.717) is 23.4 Å². The van der Waals surface area contributed by atoms with E-state index in [-0.39, 0.29) is 11.9 Å². The number of nitrogens with zero attached hydrogens (tertiary/aromatic N) is 1. The van der Waals surface area contributed by atoms with Gasteiger partial charge in [0.05, 0.1) is 6.10 Å². The highest BCUT2D eigenvalue weighted by Crippen LogP contribution is 2.27. The Balaban J connectivity index is 1.89. The smallest absolute Gasteiger partial charge is 0.134 e. The molecule has 4 nitrogen and oxygen atoms in total. The maximum Gasteiger partial charge on any atom is 0.134 e. The van der Waals surface area contributed by atoms with Crippen molar-refractivity contribution in [1.82, 2.24) is 4.98 Å². The lowest BCUT2D eigenvalue weighted by Crippen LogP contribution is -2.19. The molecule has 3 N–H and O–H groups in total.